The van der Waals surface area contributed by atoms with E-state index in [9.17, 15) is 15.0 Å². The van der Waals surface area contributed by atoms with Crippen LogP contribution in [0.4, 0.5) is 11.5 Å². The van der Waals surface area contributed by atoms with Crippen molar-refractivity contribution in [3.05, 3.63) is 53.9 Å². The molecule has 0 radical (unpaired) electrons. The van der Waals surface area contributed by atoms with Crippen molar-refractivity contribution in [2.75, 3.05) is 0 Å². The lowest BCUT2D eigenvalue weighted by molar-refractivity contribution is 0.0692. The second-order valence-electron chi connectivity index (χ2n) is 4.51. The van der Waals surface area contributed by atoms with Gasteiger partial charge in [-0.3, -0.25) is 4.40 Å². The van der Waals surface area contributed by atoms with E-state index in [0.717, 1.165) is 0 Å². The van der Waals surface area contributed by atoms with Crippen molar-refractivity contribution in [2.45, 2.75) is 0 Å². The van der Waals surface area contributed by atoms with Crippen molar-refractivity contribution >= 4 is 23.1 Å². The average Bonchev–Trinajstić information content (AvgIpc) is 2.93. The number of benzene rings is 1. The van der Waals surface area contributed by atoms with Gasteiger partial charge in [0, 0.05) is 6.20 Å². The fourth-order valence-corrected chi connectivity index (χ4v) is 2.04. The van der Waals surface area contributed by atoms with E-state index in [1.54, 1.807) is 24.3 Å². The molecule has 2 aromatic heterocycles. The minimum atomic E-state index is -1.30. The molecule has 0 aliphatic carbocycles. The van der Waals surface area contributed by atoms with Gasteiger partial charge in [-0.25, -0.2) is 9.78 Å². The Morgan fingerprint density at radius 1 is 1.22 bits per heavy atom. The maximum atomic E-state index is 11.3. The summed E-state index contributed by atoms with van der Waals surface area (Å²) in [4.78, 5) is 15.2. The predicted molar refractivity (Wildman–Crippen MR) is 79.1 cm³/mol. The number of pyridine rings is 1. The number of carboxylic acid groups (broad SMARTS) is 1. The highest BCUT2D eigenvalue weighted by molar-refractivity contribution is 5.92. The fraction of sp³-hybridized carbons (Fsp3) is 0. The number of azo groups is 1. The van der Waals surface area contributed by atoms with Crippen LogP contribution in [0.5, 0.6) is 5.75 Å². The second-order valence-corrected chi connectivity index (χ2v) is 4.51. The highest BCUT2D eigenvalue weighted by Crippen LogP contribution is 2.28. The summed E-state index contributed by atoms with van der Waals surface area (Å²) in [5.41, 5.74) is 0.336. The fourth-order valence-electron chi connectivity index (χ4n) is 2.04. The molecule has 3 rings (SSSR count). The first kappa shape index (κ1) is 14.2. The largest absolute Gasteiger partial charge is 0.504 e. The number of rotatable bonds is 3. The summed E-state index contributed by atoms with van der Waals surface area (Å²) in [6.45, 7) is 0. The molecule has 1 aromatic carbocycles. The van der Waals surface area contributed by atoms with Crippen LogP contribution in [0.25, 0.3) is 5.65 Å². The summed E-state index contributed by atoms with van der Waals surface area (Å²) in [5.74, 6) is -1.51. The van der Waals surface area contributed by atoms with Crippen LogP contribution in [0.15, 0.2) is 52.8 Å². The Balaban J connectivity index is 2.18. The summed E-state index contributed by atoms with van der Waals surface area (Å²) >= 11 is 0. The molecular weight excluding hydrogens is 298 g/mol. The van der Waals surface area contributed by atoms with Crippen LogP contribution in [-0.2, 0) is 0 Å². The number of aromatic nitrogens is 2. The highest BCUT2D eigenvalue weighted by atomic mass is 16.4. The number of carbonyl (C=O) groups is 1. The molecule has 23 heavy (non-hydrogen) atoms. The molecule has 0 bridgehead atoms. The van der Waals surface area contributed by atoms with Crippen LogP contribution in [0.1, 0.15) is 16.1 Å². The Bertz CT molecular complexity index is 984. The van der Waals surface area contributed by atoms with Gasteiger partial charge < -0.3 is 10.2 Å². The smallest absolute Gasteiger partial charge is 0.358 e. The third-order valence-electron chi connectivity index (χ3n) is 3.08. The van der Waals surface area contributed by atoms with Crippen LogP contribution in [-0.4, -0.2) is 25.6 Å². The standard InChI is InChI=1S/C15H9N5O3/c16-8-9-4-1-2-5-10(9)18-19-14-12(15(22)23)17-13-11(21)6-3-7-20(13)14/h1-7,21H,(H,22,23). The van der Waals surface area contributed by atoms with Gasteiger partial charge in [-0.15, -0.1) is 10.2 Å². The maximum absolute atomic E-state index is 11.3. The van der Waals surface area contributed by atoms with E-state index in [1.165, 1.54) is 22.7 Å². The maximum Gasteiger partial charge on any atom is 0.358 e. The molecule has 112 valence electrons. The zero-order chi connectivity index (χ0) is 16.4. The first-order chi connectivity index (χ1) is 11.1. The number of hydrogen-bond donors (Lipinski definition) is 2. The summed E-state index contributed by atoms with van der Waals surface area (Å²) < 4.78 is 1.32. The topological polar surface area (TPSA) is 123 Å². The minimum Gasteiger partial charge on any atom is -0.504 e. The lowest BCUT2D eigenvalue weighted by Gasteiger charge is -1.98. The van der Waals surface area contributed by atoms with E-state index in [2.05, 4.69) is 15.2 Å². The van der Waals surface area contributed by atoms with Gasteiger partial charge in [-0.2, -0.15) is 5.26 Å². The molecule has 2 heterocycles. The number of imidazole rings is 1. The summed E-state index contributed by atoms with van der Waals surface area (Å²) in [6.07, 6.45) is 1.51. The van der Waals surface area contributed by atoms with Gasteiger partial charge >= 0.3 is 5.97 Å². The zero-order valence-electron chi connectivity index (χ0n) is 11.6. The SMILES string of the molecule is N#Cc1ccccc1N=Nc1c(C(=O)O)nc2c(O)cccn12. The quantitative estimate of drug-likeness (QED) is 0.720. The number of hydrogen-bond acceptors (Lipinski definition) is 6. The molecule has 8 nitrogen and oxygen atoms in total. The molecule has 0 saturated heterocycles. The third kappa shape index (κ3) is 2.47. The lowest BCUT2D eigenvalue weighted by atomic mass is 10.2. The van der Waals surface area contributed by atoms with Crippen LogP contribution >= 0.6 is 0 Å². The van der Waals surface area contributed by atoms with Crippen molar-refractivity contribution in [2.24, 2.45) is 10.2 Å². The normalized spacial score (nSPS) is 10.9. The van der Waals surface area contributed by atoms with Crippen molar-refractivity contribution in [3.63, 3.8) is 0 Å². The number of aromatic hydroxyl groups is 1. The van der Waals surface area contributed by atoms with Crippen molar-refractivity contribution in [1.29, 1.82) is 5.26 Å². The van der Waals surface area contributed by atoms with Gasteiger partial charge in [0.15, 0.2) is 22.9 Å². The van der Waals surface area contributed by atoms with E-state index in [4.69, 9.17) is 5.26 Å². The van der Waals surface area contributed by atoms with E-state index in [0.29, 0.717) is 11.3 Å². The molecule has 0 spiro atoms. The number of nitrogens with zero attached hydrogens (tertiary/aromatic N) is 5. The summed E-state index contributed by atoms with van der Waals surface area (Å²) in [6, 6.07) is 11.4. The molecule has 0 fully saturated rings. The Labute approximate surface area is 129 Å². The number of carboxylic acids is 1. The average molecular weight is 307 g/mol. The number of fused-ring (bicyclic) bond motifs is 1. The van der Waals surface area contributed by atoms with Gasteiger partial charge in [0.25, 0.3) is 0 Å². The number of aromatic carboxylic acids is 1. The molecule has 3 aromatic rings. The molecule has 0 amide bonds. The Kier molecular flexibility index (Phi) is 3.44. The van der Waals surface area contributed by atoms with Gasteiger partial charge in [-0.05, 0) is 24.3 Å². The van der Waals surface area contributed by atoms with E-state index < -0.39 is 5.97 Å². The van der Waals surface area contributed by atoms with Crippen LogP contribution in [0.2, 0.25) is 0 Å². The molecule has 0 saturated carbocycles. The summed E-state index contributed by atoms with van der Waals surface area (Å²) in [5, 5.41) is 35.9. The Hall–Kier alpha value is -3.73. The van der Waals surface area contributed by atoms with Gasteiger partial charge in [0.1, 0.15) is 11.8 Å². The van der Waals surface area contributed by atoms with Crippen LogP contribution in [0.3, 0.4) is 0 Å². The minimum absolute atomic E-state index is 0.0452. The molecule has 0 atom stereocenters. The molecular formula is C15H9N5O3. The lowest BCUT2D eigenvalue weighted by Crippen LogP contribution is -1.96. The monoisotopic (exact) mass is 307 g/mol. The van der Waals surface area contributed by atoms with Gasteiger partial charge in [0.2, 0.25) is 0 Å². The molecule has 0 unspecified atom stereocenters. The van der Waals surface area contributed by atoms with Crippen molar-refractivity contribution in [3.8, 4) is 11.8 Å². The Morgan fingerprint density at radius 2 is 2.00 bits per heavy atom. The molecule has 0 aliphatic rings. The van der Waals surface area contributed by atoms with E-state index in [1.807, 2.05) is 6.07 Å². The van der Waals surface area contributed by atoms with E-state index in [-0.39, 0.29) is 22.9 Å². The zero-order valence-corrected chi connectivity index (χ0v) is 11.6. The highest BCUT2D eigenvalue weighted by Gasteiger charge is 2.20. The molecule has 8 heteroatoms. The Morgan fingerprint density at radius 3 is 2.74 bits per heavy atom. The van der Waals surface area contributed by atoms with Crippen LogP contribution in [0, 0.1) is 11.3 Å². The summed E-state index contributed by atoms with van der Waals surface area (Å²) in [7, 11) is 0. The van der Waals surface area contributed by atoms with Crippen molar-refractivity contribution in [1.82, 2.24) is 9.38 Å². The first-order valence-corrected chi connectivity index (χ1v) is 6.46. The van der Waals surface area contributed by atoms with Gasteiger partial charge in [-0.1, -0.05) is 12.1 Å². The first-order valence-electron chi connectivity index (χ1n) is 6.46. The predicted octanol–water partition coefficient (Wildman–Crippen LogP) is 3.03. The second kappa shape index (κ2) is 5.57. The van der Waals surface area contributed by atoms with Crippen molar-refractivity contribution < 1.29 is 15.0 Å². The van der Waals surface area contributed by atoms with Crippen LogP contribution < -0.4 is 0 Å². The molecule has 0 aliphatic heterocycles. The van der Waals surface area contributed by atoms with Gasteiger partial charge in [0.05, 0.1) is 5.56 Å². The molecule has 2 N–H and O–H groups in total. The van der Waals surface area contributed by atoms with E-state index >= 15 is 0 Å². The number of nitriles is 1. The third-order valence-corrected chi connectivity index (χ3v) is 3.08.